The number of aromatic nitrogens is 5. The zero-order chi connectivity index (χ0) is 22.1. The number of hydrogen-bond acceptors (Lipinski definition) is 7. The predicted octanol–water partition coefficient (Wildman–Crippen LogP) is 3.28. The molecule has 4 heterocycles. The van der Waals surface area contributed by atoms with Crippen LogP contribution in [0.3, 0.4) is 0 Å². The number of anilines is 2. The number of pyridine rings is 1. The van der Waals surface area contributed by atoms with Crippen molar-refractivity contribution >= 4 is 18.3 Å². The first-order valence-electron chi connectivity index (χ1n) is 10.5. The Kier molecular flexibility index (Phi) is 5.44. The van der Waals surface area contributed by atoms with Gasteiger partial charge in [0.25, 0.3) is 6.71 Å². The molecule has 10 heteroatoms. The fourth-order valence-electron chi connectivity index (χ4n) is 4.28. The first-order valence-corrected chi connectivity index (χ1v) is 10.5. The van der Waals surface area contributed by atoms with Crippen LogP contribution < -0.4 is 11.1 Å². The topological polar surface area (TPSA) is 125 Å². The third-order valence-electron chi connectivity index (χ3n) is 5.88. The van der Waals surface area contributed by atoms with Gasteiger partial charge in [-0.15, -0.1) is 5.10 Å². The minimum atomic E-state index is -0.560. The summed E-state index contributed by atoms with van der Waals surface area (Å²) in [6.07, 6.45) is 5.27. The minimum Gasteiger partial charge on any atom is -0.392 e. The Balaban J connectivity index is 1.60. The molecule has 0 aliphatic carbocycles. The molecule has 3 aromatic heterocycles. The molecule has 3 aromatic rings. The molecule has 2 N–H and O–H groups in total. The summed E-state index contributed by atoms with van der Waals surface area (Å²) in [5.74, 6) is 3.78. The highest BCUT2D eigenvalue weighted by molar-refractivity contribution is 6.67. The third-order valence-corrected chi connectivity index (χ3v) is 5.88. The molecular formula is C21H26BN7O2. The van der Waals surface area contributed by atoms with Crippen LogP contribution in [0.5, 0.6) is 0 Å². The van der Waals surface area contributed by atoms with Crippen molar-refractivity contribution in [2.45, 2.75) is 63.6 Å². The molecule has 1 saturated heterocycles. The second-order valence-corrected chi connectivity index (χ2v) is 9.22. The summed E-state index contributed by atoms with van der Waals surface area (Å²) in [5, 5.41) is 23.6. The Bertz CT molecular complexity index is 1140. The predicted molar refractivity (Wildman–Crippen MR) is 117 cm³/mol. The average molecular weight is 419 g/mol. The number of hydrogen-bond donors (Lipinski definition) is 2. The molecule has 0 spiro atoms. The van der Waals surface area contributed by atoms with Gasteiger partial charge in [-0.25, -0.2) is 24.8 Å². The van der Waals surface area contributed by atoms with Crippen LogP contribution in [0.1, 0.15) is 45.2 Å². The fraction of sp³-hybridized carbons (Fsp3) is 0.476. The van der Waals surface area contributed by atoms with Crippen LogP contribution in [0.15, 0.2) is 39.7 Å². The normalized spacial score (nSPS) is 16.1. The van der Waals surface area contributed by atoms with Gasteiger partial charge < -0.3 is 9.73 Å². The van der Waals surface area contributed by atoms with Gasteiger partial charge >= 0.3 is 5.76 Å². The van der Waals surface area contributed by atoms with E-state index in [4.69, 9.17) is 9.40 Å². The molecule has 4 rings (SSSR count). The van der Waals surface area contributed by atoms with Crippen molar-refractivity contribution in [2.24, 2.45) is 0 Å². The van der Waals surface area contributed by atoms with Crippen molar-refractivity contribution in [3.63, 3.8) is 0 Å². The molecule has 1 fully saturated rings. The standard InChI is InChI=1S/C21H26BN7O2/c1-20(2,3)29-17(7-12-24-29)26-16-6-4-5-15(25-16)13-21(18-27-28-19(30)31-18)8-10-22(14-23)11-9-21/h4-7,12H,8-11,13H2,1-3H3,(H,25,26)(H,28,30). The van der Waals surface area contributed by atoms with Crippen molar-refractivity contribution in [2.75, 3.05) is 5.32 Å². The summed E-state index contributed by atoms with van der Waals surface area (Å²) in [6, 6.07) is 7.76. The first-order chi connectivity index (χ1) is 14.8. The maximum atomic E-state index is 11.6. The van der Waals surface area contributed by atoms with E-state index >= 15 is 0 Å². The van der Waals surface area contributed by atoms with Crippen molar-refractivity contribution in [1.29, 1.82) is 5.26 Å². The van der Waals surface area contributed by atoms with Gasteiger partial charge in [-0.3, -0.25) is 0 Å². The van der Waals surface area contributed by atoms with Gasteiger partial charge in [0.05, 0.1) is 17.2 Å². The Morgan fingerprint density at radius 2 is 2.10 bits per heavy atom. The highest BCUT2D eigenvalue weighted by Gasteiger charge is 2.42. The molecule has 1 aliphatic heterocycles. The summed E-state index contributed by atoms with van der Waals surface area (Å²) >= 11 is 0. The number of rotatable bonds is 5. The van der Waals surface area contributed by atoms with Gasteiger partial charge in [-0.1, -0.05) is 18.7 Å². The van der Waals surface area contributed by atoms with Crippen molar-refractivity contribution < 1.29 is 4.42 Å². The average Bonchev–Trinajstić information content (AvgIpc) is 3.38. The lowest BCUT2D eigenvalue weighted by molar-refractivity contribution is 0.279. The summed E-state index contributed by atoms with van der Waals surface area (Å²) in [5.41, 5.74) is 0.253. The smallest absolute Gasteiger partial charge is 0.392 e. The van der Waals surface area contributed by atoms with Crippen molar-refractivity contribution in [3.8, 4) is 5.97 Å². The quantitative estimate of drug-likeness (QED) is 0.608. The van der Waals surface area contributed by atoms with E-state index in [9.17, 15) is 10.1 Å². The first kappa shape index (κ1) is 20.9. The molecule has 0 unspecified atom stereocenters. The zero-order valence-electron chi connectivity index (χ0n) is 18.1. The van der Waals surface area contributed by atoms with Gasteiger partial charge in [-0.05, 0) is 45.7 Å². The highest BCUT2D eigenvalue weighted by Crippen LogP contribution is 2.41. The summed E-state index contributed by atoms with van der Waals surface area (Å²) < 4.78 is 7.30. The maximum absolute atomic E-state index is 11.6. The van der Waals surface area contributed by atoms with Gasteiger partial charge in [0.1, 0.15) is 11.6 Å². The van der Waals surface area contributed by atoms with Crippen LogP contribution in [0.2, 0.25) is 12.6 Å². The zero-order valence-corrected chi connectivity index (χ0v) is 18.1. The number of nitrogens with one attached hydrogen (secondary N) is 2. The molecule has 0 aromatic carbocycles. The van der Waals surface area contributed by atoms with Gasteiger partial charge in [-0.2, -0.15) is 5.10 Å². The van der Waals surface area contributed by atoms with E-state index in [2.05, 4.69) is 47.4 Å². The van der Waals surface area contributed by atoms with Crippen LogP contribution in [-0.2, 0) is 17.4 Å². The number of nitrogens with zero attached hydrogens (tertiary/aromatic N) is 5. The largest absolute Gasteiger partial charge is 0.434 e. The molecule has 0 saturated carbocycles. The second-order valence-electron chi connectivity index (χ2n) is 9.22. The molecule has 31 heavy (non-hydrogen) atoms. The highest BCUT2D eigenvalue weighted by atomic mass is 16.4. The second kappa shape index (κ2) is 8.06. The van der Waals surface area contributed by atoms with Crippen LogP contribution >= 0.6 is 0 Å². The summed E-state index contributed by atoms with van der Waals surface area (Å²) in [6.45, 7) is 6.30. The monoisotopic (exact) mass is 419 g/mol. The number of aromatic amines is 1. The lowest BCUT2D eigenvalue weighted by Crippen LogP contribution is -2.37. The maximum Gasteiger partial charge on any atom is 0.434 e. The molecule has 0 radical (unpaired) electrons. The molecule has 0 bridgehead atoms. The van der Waals surface area contributed by atoms with Crippen LogP contribution in [0.4, 0.5) is 11.6 Å². The lowest BCUT2D eigenvalue weighted by Gasteiger charge is -2.34. The lowest BCUT2D eigenvalue weighted by atomic mass is 9.39. The van der Waals surface area contributed by atoms with Crippen molar-refractivity contribution in [1.82, 2.24) is 25.0 Å². The van der Waals surface area contributed by atoms with Gasteiger partial charge in [0, 0.05) is 24.1 Å². The van der Waals surface area contributed by atoms with Gasteiger partial charge in [0.2, 0.25) is 5.89 Å². The molecule has 0 amide bonds. The van der Waals surface area contributed by atoms with E-state index in [1.165, 1.54) is 0 Å². The van der Waals surface area contributed by atoms with E-state index in [1.807, 2.05) is 28.9 Å². The minimum absolute atomic E-state index is 0.0254. The Morgan fingerprint density at radius 1 is 1.32 bits per heavy atom. The Hall–Kier alpha value is -3.35. The SMILES string of the molecule is CC(C)(C)n1nccc1Nc1cccc(CC2(c3n[nH]c(=O)o3)CCB(C#N)CC2)n1. The van der Waals surface area contributed by atoms with Crippen LogP contribution in [0.25, 0.3) is 0 Å². The Morgan fingerprint density at radius 3 is 2.74 bits per heavy atom. The fourth-order valence-corrected chi connectivity index (χ4v) is 4.28. The summed E-state index contributed by atoms with van der Waals surface area (Å²) in [4.78, 5) is 16.4. The molecule has 1 aliphatic rings. The van der Waals surface area contributed by atoms with E-state index in [1.54, 1.807) is 6.20 Å². The van der Waals surface area contributed by atoms with E-state index in [-0.39, 0.29) is 12.3 Å². The summed E-state index contributed by atoms with van der Waals surface area (Å²) in [7, 11) is 0. The molecular weight excluding hydrogens is 393 g/mol. The molecule has 9 nitrogen and oxygen atoms in total. The van der Waals surface area contributed by atoms with E-state index < -0.39 is 11.2 Å². The number of H-pyrrole nitrogens is 1. The van der Waals surface area contributed by atoms with Crippen molar-refractivity contribution in [3.05, 3.63) is 52.6 Å². The van der Waals surface area contributed by atoms with Crippen LogP contribution in [0, 0.1) is 11.2 Å². The van der Waals surface area contributed by atoms with E-state index in [0.717, 1.165) is 37.0 Å². The number of nitriles is 1. The Labute approximate surface area is 181 Å². The molecule has 160 valence electrons. The van der Waals surface area contributed by atoms with Gasteiger partial charge in [0.15, 0.2) is 0 Å². The van der Waals surface area contributed by atoms with Crippen LogP contribution in [-0.4, -0.2) is 31.7 Å². The third kappa shape index (κ3) is 4.40. The van der Waals surface area contributed by atoms with E-state index in [0.29, 0.717) is 18.1 Å². The molecule has 0 atom stereocenters.